The smallest absolute Gasteiger partial charge is 0.316 e. The van der Waals surface area contributed by atoms with Gasteiger partial charge in [0.15, 0.2) is 23.1 Å². The van der Waals surface area contributed by atoms with Gasteiger partial charge in [-0.05, 0) is 80.2 Å². The zero-order valence-corrected chi connectivity index (χ0v) is 25.5. The van der Waals surface area contributed by atoms with E-state index in [9.17, 15) is 9.59 Å². The third kappa shape index (κ3) is 7.32. The van der Waals surface area contributed by atoms with Gasteiger partial charge in [-0.1, -0.05) is 29.3 Å². The highest BCUT2D eigenvalue weighted by molar-refractivity contribution is 6.39. The Bertz CT molecular complexity index is 1680. The second kappa shape index (κ2) is 14.1. The van der Waals surface area contributed by atoms with E-state index >= 15 is 4.39 Å². The summed E-state index contributed by atoms with van der Waals surface area (Å²) in [5.41, 5.74) is 6.69. The first kappa shape index (κ1) is 31.3. The van der Waals surface area contributed by atoms with E-state index in [-0.39, 0.29) is 24.4 Å². The second-order valence-corrected chi connectivity index (χ2v) is 11.2. The molecule has 1 fully saturated rings. The molecule has 1 saturated heterocycles. The molecule has 0 unspecified atom stereocenters. The number of carbonyl (C=O) groups excluding carboxylic acids is 2. The third-order valence-electron chi connectivity index (χ3n) is 7.44. The minimum Gasteiger partial charge on any atom is -0.493 e. The van der Waals surface area contributed by atoms with Crippen molar-refractivity contribution in [2.24, 2.45) is 11.7 Å². The summed E-state index contributed by atoms with van der Waals surface area (Å²) < 4.78 is 33.1. The number of hydrogen-bond donors (Lipinski definition) is 2. The molecule has 1 aliphatic rings. The maximum Gasteiger partial charge on any atom is 0.316 e. The van der Waals surface area contributed by atoms with Gasteiger partial charge in [0.2, 0.25) is 0 Å². The van der Waals surface area contributed by atoms with Gasteiger partial charge in [-0.2, -0.15) is 0 Å². The van der Waals surface area contributed by atoms with Crippen LogP contribution in [0.1, 0.15) is 18.4 Å². The number of halogens is 3. The van der Waals surface area contributed by atoms with E-state index in [1.165, 1.54) is 12.1 Å². The molecule has 0 atom stereocenters. The fraction of sp³-hybridized carbons (Fsp3) is 0.281. The summed E-state index contributed by atoms with van der Waals surface area (Å²) in [4.78, 5) is 30.0. The molecule has 0 saturated carbocycles. The van der Waals surface area contributed by atoms with Gasteiger partial charge in [0.1, 0.15) is 5.75 Å². The highest BCUT2D eigenvalue weighted by Gasteiger charge is 2.23. The Hall–Kier alpha value is -4.12. The van der Waals surface area contributed by atoms with Crippen molar-refractivity contribution in [1.29, 1.82) is 0 Å². The molecule has 3 N–H and O–H groups in total. The predicted octanol–water partition coefficient (Wildman–Crippen LogP) is 5.92. The number of nitrogens with two attached hydrogens (primary N) is 1. The Morgan fingerprint density at radius 1 is 1.02 bits per heavy atom. The van der Waals surface area contributed by atoms with Crippen molar-refractivity contribution < 1.29 is 28.2 Å². The van der Waals surface area contributed by atoms with E-state index in [1.807, 2.05) is 0 Å². The van der Waals surface area contributed by atoms with Crippen molar-refractivity contribution in [3.63, 3.8) is 0 Å². The van der Waals surface area contributed by atoms with Crippen LogP contribution in [0.15, 0.2) is 60.8 Å². The highest BCUT2D eigenvalue weighted by atomic mass is 35.5. The Morgan fingerprint density at radius 3 is 2.52 bits per heavy atom. The first-order valence-corrected chi connectivity index (χ1v) is 14.8. The highest BCUT2D eigenvalue weighted by Crippen LogP contribution is 2.38. The van der Waals surface area contributed by atoms with Gasteiger partial charge in [-0.15, -0.1) is 0 Å². The predicted molar refractivity (Wildman–Crippen MR) is 168 cm³/mol. The molecule has 0 spiro atoms. The van der Waals surface area contributed by atoms with Crippen molar-refractivity contribution in [3.05, 3.63) is 82.2 Å². The van der Waals surface area contributed by atoms with Gasteiger partial charge in [0.05, 0.1) is 19.2 Å². The number of fused-ring (bicyclic) bond motifs is 1. The number of primary amides is 1. The minimum atomic E-state index is -1.18. The summed E-state index contributed by atoms with van der Waals surface area (Å²) >= 11 is 12.2. The summed E-state index contributed by atoms with van der Waals surface area (Å²) in [6, 6.07) is 14.1. The Kier molecular flexibility index (Phi) is 10.0. The minimum absolute atomic E-state index is 0.0135. The molecule has 0 radical (unpaired) electrons. The molecule has 2 heterocycles. The standard InChI is InChI=1S/C32H31Cl2FN4O5/c1-42-29-16-23-26(17-30(29)43-18-19-6-10-37-11-7-19)38-12-8-27(23)44-28-5-4-22(15-25(28)35)39(32(41)31(36)40)13-9-20-2-3-21(33)14-24(20)34/h2-5,8,12,14-17,19,37H,6-7,9-11,13,18H2,1H3,(H2,36,40). The number of rotatable bonds is 10. The van der Waals surface area contributed by atoms with Crippen LogP contribution in [0.25, 0.3) is 10.9 Å². The molecule has 1 aromatic heterocycles. The largest absolute Gasteiger partial charge is 0.493 e. The third-order valence-corrected chi connectivity index (χ3v) is 8.03. The first-order chi connectivity index (χ1) is 21.2. The molecule has 3 aromatic carbocycles. The number of amides is 2. The lowest BCUT2D eigenvalue weighted by molar-refractivity contribution is -0.135. The van der Waals surface area contributed by atoms with Crippen LogP contribution in [0, 0.1) is 11.7 Å². The second-order valence-electron chi connectivity index (χ2n) is 10.4. The zero-order valence-electron chi connectivity index (χ0n) is 23.9. The molecule has 0 aliphatic carbocycles. The molecule has 1 aliphatic heterocycles. The number of nitrogens with one attached hydrogen (secondary N) is 1. The van der Waals surface area contributed by atoms with Crippen LogP contribution < -0.4 is 30.2 Å². The van der Waals surface area contributed by atoms with Gasteiger partial charge in [-0.25, -0.2) is 4.39 Å². The fourth-order valence-electron chi connectivity index (χ4n) is 5.04. The number of anilines is 1. The molecule has 2 amide bonds. The summed E-state index contributed by atoms with van der Waals surface area (Å²) in [5.74, 6) is -1.16. The van der Waals surface area contributed by atoms with Crippen LogP contribution in [0.2, 0.25) is 10.0 Å². The van der Waals surface area contributed by atoms with E-state index in [1.54, 1.807) is 49.7 Å². The Labute approximate surface area is 264 Å². The summed E-state index contributed by atoms with van der Waals surface area (Å²) in [6.07, 6.45) is 3.91. The number of benzene rings is 3. The van der Waals surface area contributed by atoms with Gasteiger partial charge in [0.25, 0.3) is 0 Å². The molecular weight excluding hydrogens is 610 g/mol. The Morgan fingerprint density at radius 2 is 1.82 bits per heavy atom. The van der Waals surface area contributed by atoms with Gasteiger partial charge < -0.3 is 30.2 Å². The van der Waals surface area contributed by atoms with Crippen LogP contribution in [0.4, 0.5) is 10.1 Å². The normalized spacial score (nSPS) is 13.5. The number of aromatic nitrogens is 1. The monoisotopic (exact) mass is 640 g/mol. The topological polar surface area (TPSA) is 116 Å². The van der Waals surface area contributed by atoms with Crippen molar-refractivity contribution in [1.82, 2.24) is 10.3 Å². The van der Waals surface area contributed by atoms with Crippen LogP contribution >= 0.6 is 23.2 Å². The van der Waals surface area contributed by atoms with E-state index in [0.717, 1.165) is 36.9 Å². The quantitative estimate of drug-likeness (QED) is 0.207. The lowest BCUT2D eigenvalue weighted by atomic mass is 9.99. The van der Waals surface area contributed by atoms with E-state index in [4.69, 9.17) is 43.1 Å². The van der Waals surface area contributed by atoms with E-state index < -0.39 is 17.6 Å². The summed E-state index contributed by atoms with van der Waals surface area (Å²) in [7, 11) is 1.55. The lowest BCUT2D eigenvalue weighted by Crippen LogP contribution is -2.41. The first-order valence-electron chi connectivity index (χ1n) is 14.1. The van der Waals surface area contributed by atoms with Crippen LogP contribution in [-0.2, 0) is 16.0 Å². The average molecular weight is 642 g/mol. The SMILES string of the molecule is COc1cc2c(Oc3ccc(N(CCc4ccc(Cl)cc4Cl)C(=O)C(N)=O)cc3F)ccnc2cc1OCC1CCNCC1. The molecule has 0 bridgehead atoms. The van der Waals surface area contributed by atoms with Gasteiger partial charge in [-0.3, -0.25) is 14.6 Å². The van der Waals surface area contributed by atoms with Gasteiger partial charge >= 0.3 is 11.8 Å². The molecule has 5 rings (SSSR count). The molecule has 230 valence electrons. The number of ether oxygens (including phenoxy) is 3. The number of pyridine rings is 1. The maximum atomic E-state index is 15.4. The Balaban J connectivity index is 1.37. The van der Waals surface area contributed by atoms with Crippen molar-refractivity contribution in [2.45, 2.75) is 19.3 Å². The van der Waals surface area contributed by atoms with E-state index in [0.29, 0.717) is 56.3 Å². The average Bonchev–Trinajstić information content (AvgIpc) is 3.02. The number of carbonyl (C=O) groups is 2. The molecular formula is C32H31Cl2FN4O5. The number of piperidine rings is 1. The summed E-state index contributed by atoms with van der Waals surface area (Å²) in [6.45, 7) is 2.53. The van der Waals surface area contributed by atoms with Crippen LogP contribution in [0.3, 0.4) is 0 Å². The summed E-state index contributed by atoms with van der Waals surface area (Å²) in [5, 5.41) is 4.80. The zero-order chi connectivity index (χ0) is 31.2. The van der Waals surface area contributed by atoms with Crippen molar-refractivity contribution in [3.8, 4) is 23.0 Å². The van der Waals surface area contributed by atoms with Crippen molar-refractivity contribution >= 4 is 51.6 Å². The van der Waals surface area contributed by atoms with Crippen LogP contribution in [-0.4, -0.2) is 50.1 Å². The molecule has 44 heavy (non-hydrogen) atoms. The van der Waals surface area contributed by atoms with Crippen LogP contribution in [0.5, 0.6) is 23.0 Å². The molecule has 4 aromatic rings. The molecule has 12 heteroatoms. The van der Waals surface area contributed by atoms with E-state index in [2.05, 4.69) is 10.3 Å². The van der Waals surface area contributed by atoms with Gasteiger partial charge in [0, 0.05) is 46.0 Å². The van der Waals surface area contributed by atoms with Crippen molar-refractivity contribution in [2.75, 3.05) is 38.3 Å². The maximum absolute atomic E-state index is 15.4. The molecule has 9 nitrogen and oxygen atoms in total. The fourth-order valence-corrected chi connectivity index (χ4v) is 5.55. The number of nitrogens with zero attached hydrogens (tertiary/aromatic N) is 2. The number of methoxy groups -OCH3 is 1. The number of hydrogen-bond acceptors (Lipinski definition) is 7. The lowest BCUT2D eigenvalue weighted by Gasteiger charge is -2.23.